The van der Waals surface area contributed by atoms with Crippen LogP contribution in [0.1, 0.15) is 35.8 Å². The van der Waals surface area contributed by atoms with Gasteiger partial charge in [-0.25, -0.2) is 8.42 Å². The number of aliphatic hydroxyl groups excluding tert-OH is 1. The molecule has 1 aliphatic carbocycles. The summed E-state index contributed by atoms with van der Waals surface area (Å²) < 4.78 is 32.7. The van der Waals surface area contributed by atoms with E-state index in [1.807, 2.05) is 6.07 Å². The van der Waals surface area contributed by atoms with E-state index >= 15 is 0 Å². The van der Waals surface area contributed by atoms with Crippen molar-refractivity contribution >= 4 is 10.0 Å². The van der Waals surface area contributed by atoms with Gasteiger partial charge in [-0.05, 0) is 61.1 Å². The van der Waals surface area contributed by atoms with Crippen molar-refractivity contribution in [2.45, 2.75) is 36.6 Å². The van der Waals surface area contributed by atoms with Crippen LogP contribution in [0.25, 0.3) is 0 Å². The third-order valence-electron chi connectivity index (χ3n) is 4.00. The average Bonchev–Trinajstić information content (AvgIpc) is 3.06. The molecule has 1 aromatic carbocycles. The lowest BCUT2D eigenvalue weighted by Gasteiger charge is -2.18. The fraction of sp³-hybridized carbons (Fsp3) is 0.375. The quantitative estimate of drug-likeness (QED) is 0.884. The largest absolute Gasteiger partial charge is 0.468 e. The van der Waals surface area contributed by atoms with E-state index in [-0.39, 0.29) is 11.5 Å². The molecule has 2 aromatic rings. The molecule has 1 atom stereocenters. The van der Waals surface area contributed by atoms with Gasteiger partial charge in [0.2, 0.25) is 10.0 Å². The Kier molecular flexibility index (Phi) is 4.33. The summed E-state index contributed by atoms with van der Waals surface area (Å²) in [6.45, 7) is -0.363. The zero-order valence-electron chi connectivity index (χ0n) is 12.2. The third kappa shape index (κ3) is 3.09. The van der Waals surface area contributed by atoms with E-state index in [0.717, 1.165) is 31.2 Å². The van der Waals surface area contributed by atoms with E-state index in [2.05, 4.69) is 4.72 Å². The SMILES string of the molecule is O=S(=O)(NC(CO)c1ccco1)c1ccc2c(c1)CCCC2. The molecule has 3 rings (SSSR count). The van der Waals surface area contributed by atoms with Gasteiger partial charge in [0.25, 0.3) is 0 Å². The zero-order valence-corrected chi connectivity index (χ0v) is 13.0. The first kappa shape index (κ1) is 15.3. The summed E-state index contributed by atoms with van der Waals surface area (Å²) in [6, 6.07) is 7.78. The minimum absolute atomic E-state index is 0.234. The first-order valence-corrected chi connectivity index (χ1v) is 8.87. The highest BCUT2D eigenvalue weighted by Gasteiger charge is 2.23. The van der Waals surface area contributed by atoms with Crippen molar-refractivity contribution in [1.29, 1.82) is 0 Å². The Labute approximate surface area is 130 Å². The summed E-state index contributed by atoms with van der Waals surface area (Å²) in [5.41, 5.74) is 2.34. The predicted octanol–water partition coefficient (Wildman–Crippen LogP) is 2.17. The van der Waals surface area contributed by atoms with Crippen LogP contribution in [0.3, 0.4) is 0 Å². The van der Waals surface area contributed by atoms with E-state index in [9.17, 15) is 13.5 Å². The molecule has 2 N–H and O–H groups in total. The highest BCUT2D eigenvalue weighted by molar-refractivity contribution is 7.89. The van der Waals surface area contributed by atoms with Crippen LogP contribution in [0.15, 0.2) is 45.9 Å². The lowest BCUT2D eigenvalue weighted by molar-refractivity contribution is 0.242. The molecule has 22 heavy (non-hydrogen) atoms. The number of benzene rings is 1. The van der Waals surface area contributed by atoms with Crippen molar-refractivity contribution in [3.05, 3.63) is 53.5 Å². The highest BCUT2D eigenvalue weighted by atomic mass is 32.2. The van der Waals surface area contributed by atoms with Crippen LogP contribution in [0, 0.1) is 0 Å². The fourth-order valence-corrected chi connectivity index (χ4v) is 4.05. The Morgan fingerprint density at radius 2 is 1.95 bits per heavy atom. The molecule has 0 amide bonds. The monoisotopic (exact) mass is 321 g/mol. The summed E-state index contributed by atoms with van der Waals surface area (Å²) in [6.07, 6.45) is 5.62. The average molecular weight is 321 g/mol. The van der Waals surface area contributed by atoms with Gasteiger partial charge >= 0.3 is 0 Å². The van der Waals surface area contributed by atoms with Gasteiger partial charge in [0.05, 0.1) is 17.8 Å². The number of sulfonamides is 1. The summed E-state index contributed by atoms with van der Waals surface area (Å²) in [5.74, 6) is 0.393. The number of hydrogen-bond acceptors (Lipinski definition) is 4. The lowest BCUT2D eigenvalue weighted by atomic mass is 9.92. The summed E-state index contributed by atoms with van der Waals surface area (Å²) >= 11 is 0. The Morgan fingerprint density at radius 3 is 2.64 bits per heavy atom. The van der Waals surface area contributed by atoms with E-state index in [1.54, 1.807) is 24.3 Å². The smallest absolute Gasteiger partial charge is 0.241 e. The van der Waals surface area contributed by atoms with Crippen LogP contribution >= 0.6 is 0 Å². The Bertz CT molecular complexity index is 738. The normalized spacial score (nSPS) is 16.2. The first-order valence-electron chi connectivity index (χ1n) is 7.38. The molecule has 1 heterocycles. The number of aryl methyl sites for hydroxylation is 2. The van der Waals surface area contributed by atoms with Crippen molar-refractivity contribution in [2.75, 3.05) is 6.61 Å². The van der Waals surface area contributed by atoms with Gasteiger partial charge in [-0.2, -0.15) is 4.72 Å². The van der Waals surface area contributed by atoms with Gasteiger partial charge in [-0.3, -0.25) is 0 Å². The lowest BCUT2D eigenvalue weighted by Crippen LogP contribution is -2.30. The first-order chi connectivity index (χ1) is 10.6. The van der Waals surface area contributed by atoms with Gasteiger partial charge in [-0.15, -0.1) is 0 Å². The maximum Gasteiger partial charge on any atom is 0.241 e. The van der Waals surface area contributed by atoms with Crippen LogP contribution in [-0.2, 0) is 22.9 Å². The Hall–Kier alpha value is -1.63. The number of hydrogen-bond donors (Lipinski definition) is 2. The number of rotatable bonds is 5. The van der Waals surface area contributed by atoms with Crippen molar-refractivity contribution in [3.8, 4) is 0 Å². The van der Waals surface area contributed by atoms with Crippen molar-refractivity contribution in [1.82, 2.24) is 4.72 Å². The number of nitrogens with one attached hydrogen (secondary N) is 1. The van der Waals surface area contributed by atoms with E-state index < -0.39 is 16.1 Å². The molecule has 5 nitrogen and oxygen atoms in total. The molecular weight excluding hydrogens is 302 g/mol. The predicted molar refractivity (Wildman–Crippen MR) is 81.9 cm³/mol. The van der Waals surface area contributed by atoms with Crippen molar-refractivity contribution < 1.29 is 17.9 Å². The van der Waals surface area contributed by atoms with Gasteiger partial charge < -0.3 is 9.52 Å². The molecule has 0 bridgehead atoms. The van der Waals surface area contributed by atoms with Crippen LogP contribution in [-0.4, -0.2) is 20.1 Å². The van der Waals surface area contributed by atoms with Gasteiger partial charge in [0.15, 0.2) is 0 Å². The molecule has 1 unspecified atom stereocenters. The second-order valence-corrected chi connectivity index (χ2v) is 7.22. The van der Waals surface area contributed by atoms with Crippen LogP contribution in [0.4, 0.5) is 0 Å². The van der Waals surface area contributed by atoms with Crippen LogP contribution in [0.5, 0.6) is 0 Å². The molecule has 1 aromatic heterocycles. The van der Waals surface area contributed by atoms with Gasteiger partial charge in [0.1, 0.15) is 11.8 Å². The highest BCUT2D eigenvalue weighted by Crippen LogP contribution is 2.25. The molecule has 0 radical (unpaired) electrons. The number of aliphatic hydroxyl groups is 1. The zero-order chi connectivity index (χ0) is 15.6. The van der Waals surface area contributed by atoms with E-state index in [4.69, 9.17) is 4.42 Å². The standard InChI is InChI=1S/C16H19NO4S/c18-11-15(16-6-3-9-21-16)17-22(19,20)14-8-7-12-4-1-2-5-13(12)10-14/h3,6-10,15,17-18H,1-2,4-5,11H2. The van der Waals surface area contributed by atoms with Gasteiger partial charge in [0, 0.05) is 0 Å². The molecular formula is C16H19NO4S. The third-order valence-corrected chi connectivity index (χ3v) is 5.47. The second-order valence-electron chi connectivity index (χ2n) is 5.51. The Morgan fingerprint density at radius 1 is 1.18 bits per heavy atom. The molecule has 0 saturated carbocycles. The molecule has 0 aliphatic heterocycles. The summed E-state index contributed by atoms with van der Waals surface area (Å²) in [4.78, 5) is 0.234. The van der Waals surface area contributed by atoms with E-state index in [0.29, 0.717) is 5.76 Å². The van der Waals surface area contributed by atoms with Crippen LogP contribution < -0.4 is 4.72 Å². The fourth-order valence-electron chi connectivity index (χ4n) is 2.81. The maximum absolute atomic E-state index is 12.5. The minimum atomic E-state index is -3.70. The molecule has 1 aliphatic rings. The minimum Gasteiger partial charge on any atom is -0.468 e. The molecule has 0 spiro atoms. The summed E-state index contributed by atoms with van der Waals surface area (Å²) in [7, 11) is -3.70. The second kappa shape index (κ2) is 6.24. The number of fused-ring (bicyclic) bond motifs is 1. The maximum atomic E-state index is 12.5. The topological polar surface area (TPSA) is 79.5 Å². The Balaban J connectivity index is 1.86. The van der Waals surface area contributed by atoms with Crippen molar-refractivity contribution in [3.63, 3.8) is 0 Å². The molecule has 118 valence electrons. The van der Waals surface area contributed by atoms with Gasteiger partial charge in [-0.1, -0.05) is 6.07 Å². The molecule has 0 fully saturated rings. The van der Waals surface area contributed by atoms with Crippen LogP contribution in [0.2, 0.25) is 0 Å². The van der Waals surface area contributed by atoms with Crippen molar-refractivity contribution in [2.24, 2.45) is 0 Å². The van der Waals surface area contributed by atoms with E-state index in [1.165, 1.54) is 11.8 Å². The molecule has 6 heteroatoms. The number of furan rings is 1. The summed E-state index contributed by atoms with van der Waals surface area (Å²) in [5, 5.41) is 9.41. The molecule has 0 saturated heterocycles.